The van der Waals surface area contributed by atoms with Crippen molar-refractivity contribution in [3.05, 3.63) is 76.3 Å². The lowest BCUT2D eigenvalue weighted by molar-refractivity contribution is 0.282. The summed E-state index contributed by atoms with van der Waals surface area (Å²) in [6.45, 7) is 8.58. The van der Waals surface area contributed by atoms with Gasteiger partial charge < -0.3 is 10.4 Å². The van der Waals surface area contributed by atoms with Crippen LogP contribution in [0.25, 0.3) is 21.8 Å². The largest absolute Gasteiger partial charge is 0.392 e. The molecule has 0 bridgehead atoms. The summed E-state index contributed by atoms with van der Waals surface area (Å²) in [5.41, 5.74) is 10.00. The van der Waals surface area contributed by atoms with Crippen LogP contribution in [0.3, 0.4) is 0 Å². The van der Waals surface area contributed by atoms with E-state index in [0.717, 1.165) is 38.7 Å². The molecular weight excluding hydrogens is 332 g/mol. The average Bonchev–Trinajstić information content (AvgIpc) is 2.65. The van der Waals surface area contributed by atoms with Crippen LogP contribution in [0, 0.1) is 27.7 Å². The van der Waals surface area contributed by atoms with E-state index in [1.165, 1.54) is 22.3 Å². The van der Waals surface area contributed by atoms with Gasteiger partial charge in [-0.25, -0.2) is 4.98 Å². The predicted molar refractivity (Wildman–Crippen MR) is 114 cm³/mol. The second kappa shape index (κ2) is 6.67. The second-order valence-corrected chi connectivity index (χ2v) is 7.37. The summed E-state index contributed by atoms with van der Waals surface area (Å²) in [5, 5.41) is 15.1. The molecule has 0 saturated carbocycles. The highest BCUT2D eigenvalue weighted by Crippen LogP contribution is 2.35. The van der Waals surface area contributed by atoms with Crippen molar-refractivity contribution in [1.29, 1.82) is 0 Å². The third kappa shape index (κ3) is 3.15. The molecule has 1 heterocycles. The van der Waals surface area contributed by atoms with Gasteiger partial charge in [0.05, 0.1) is 23.3 Å². The van der Waals surface area contributed by atoms with Gasteiger partial charge in [-0.2, -0.15) is 0 Å². The number of aromatic nitrogens is 1. The van der Waals surface area contributed by atoms with E-state index < -0.39 is 0 Å². The van der Waals surface area contributed by atoms with Gasteiger partial charge in [0.25, 0.3) is 0 Å². The van der Waals surface area contributed by atoms with Crippen LogP contribution in [0.2, 0.25) is 0 Å². The molecule has 27 heavy (non-hydrogen) atoms. The minimum atomic E-state index is 0.0539. The third-order valence-corrected chi connectivity index (χ3v) is 5.41. The summed E-state index contributed by atoms with van der Waals surface area (Å²) < 4.78 is 0. The van der Waals surface area contributed by atoms with Crippen LogP contribution in [0.4, 0.5) is 11.4 Å². The molecule has 0 fully saturated rings. The maximum Gasteiger partial charge on any atom is 0.0733 e. The smallest absolute Gasteiger partial charge is 0.0733 e. The van der Waals surface area contributed by atoms with Gasteiger partial charge >= 0.3 is 0 Å². The average molecular weight is 356 g/mol. The third-order valence-electron chi connectivity index (χ3n) is 5.41. The van der Waals surface area contributed by atoms with Gasteiger partial charge in [0, 0.05) is 16.5 Å². The lowest BCUT2D eigenvalue weighted by atomic mass is 9.99. The molecule has 1 aromatic heterocycles. The summed E-state index contributed by atoms with van der Waals surface area (Å²) >= 11 is 0. The quantitative estimate of drug-likeness (QED) is 0.452. The molecule has 0 amide bonds. The van der Waals surface area contributed by atoms with Gasteiger partial charge in [-0.1, -0.05) is 12.1 Å². The van der Waals surface area contributed by atoms with E-state index in [0.29, 0.717) is 0 Å². The van der Waals surface area contributed by atoms with Crippen molar-refractivity contribution in [1.82, 2.24) is 4.98 Å². The molecule has 136 valence electrons. The van der Waals surface area contributed by atoms with E-state index in [4.69, 9.17) is 4.98 Å². The lowest BCUT2D eigenvalue weighted by Crippen LogP contribution is -1.98. The first-order valence-electron chi connectivity index (χ1n) is 9.25. The van der Waals surface area contributed by atoms with E-state index in [1.807, 2.05) is 24.3 Å². The van der Waals surface area contributed by atoms with Crippen molar-refractivity contribution in [2.45, 2.75) is 34.3 Å². The Kier molecular flexibility index (Phi) is 4.33. The zero-order valence-electron chi connectivity index (χ0n) is 16.2. The zero-order valence-corrected chi connectivity index (χ0v) is 16.2. The Labute approximate surface area is 159 Å². The van der Waals surface area contributed by atoms with Gasteiger partial charge in [-0.05, 0) is 91.9 Å². The fourth-order valence-corrected chi connectivity index (χ4v) is 3.43. The Bertz CT molecular complexity index is 1100. The molecule has 0 atom stereocenters. The molecule has 3 nitrogen and oxygen atoms in total. The van der Waals surface area contributed by atoms with Crippen LogP contribution in [-0.2, 0) is 6.61 Å². The molecular formula is C24H24N2O. The van der Waals surface area contributed by atoms with Crippen molar-refractivity contribution < 1.29 is 5.11 Å². The molecule has 4 aromatic rings. The SMILES string of the molecule is Cc1cc2nc3cc(C)c(C)cc3c(Nc3ccc(CO)cc3)c2cc1C. The first-order valence-corrected chi connectivity index (χ1v) is 9.25. The van der Waals surface area contributed by atoms with Crippen molar-refractivity contribution in [3.8, 4) is 0 Å². The van der Waals surface area contributed by atoms with Crippen LogP contribution in [-0.4, -0.2) is 10.1 Å². The zero-order chi connectivity index (χ0) is 19.1. The van der Waals surface area contributed by atoms with Crippen LogP contribution in [0.1, 0.15) is 27.8 Å². The molecule has 0 aliphatic heterocycles. The number of rotatable bonds is 3. The Balaban J connectivity index is 2.00. The number of pyridine rings is 1. The number of anilines is 2. The fourth-order valence-electron chi connectivity index (χ4n) is 3.43. The van der Waals surface area contributed by atoms with E-state index in [-0.39, 0.29) is 6.61 Å². The summed E-state index contributed by atoms with van der Waals surface area (Å²) in [7, 11) is 0. The van der Waals surface area contributed by atoms with E-state index in [2.05, 4.69) is 57.3 Å². The summed E-state index contributed by atoms with van der Waals surface area (Å²) in [4.78, 5) is 4.94. The summed E-state index contributed by atoms with van der Waals surface area (Å²) in [6, 6.07) is 16.7. The fraction of sp³-hybridized carbons (Fsp3) is 0.208. The van der Waals surface area contributed by atoms with Gasteiger partial charge in [0.2, 0.25) is 0 Å². The number of aliphatic hydroxyl groups excluding tert-OH is 1. The Morgan fingerprint density at radius 2 is 1.22 bits per heavy atom. The van der Waals surface area contributed by atoms with Crippen molar-refractivity contribution in [2.24, 2.45) is 0 Å². The maximum atomic E-state index is 9.29. The number of nitrogens with zero attached hydrogens (tertiary/aromatic N) is 1. The Morgan fingerprint density at radius 3 is 1.70 bits per heavy atom. The van der Waals surface area contributed by atoms with Crippen LogP contribution in [0.15, 0.2) is 48.5 Å². The van der Waals surface area contributed by atoms with Gasteiger partial charge in [0.15, 0.2) is 0 Å². The van der Waals surface area contributed by atoms with Gasteiger partial charge in [-0.3, -0.25) is 0 Å². The second-order valence-electron chi connectivity index (χ2n) is 7.37. The molecule has 0 radical (unpaired) electrons. The number of benzene rings is 3. The monoisotopic (exact) mass is 356 g/mol. The Hall–Kier alpha value is -2.91. The number of fused-ring (bicyclic) bond motifs is 2. The molecule has 0 spiro atoms. The molecule has 0 saturated heterocycles. The minimum absolute atomic E-state index is 0.0539. The molecule has 4 rings (SSSR count). The Morgan fingerprint density at radius 1 is 0.741 bits per heavy atom. The molecule has 3 heteroatoms. The molecule has 0 unspecified atom stereocenters. The highest BCUT2D eigenvalue weighted by atomic mass is 16.3. The number of aliphatic hydroxyl groups is 1. The summed E-state index contributed by atoms with van der Waals surface area (Å²) in [6.07, 6.45) is 0. The van der Waals surface area contributed by atoms with Gasteiger partial charge in [0.1, 0.15) is 0 Å². The van der Waals surface area contributed by atoms with Crippen LogP contribution in [0.5, 0.6) is 0 Å². The summed E-state index contributed by atoms with van der Waals surface area (Å²) in [5.74, 6) is 0. The number of aryl methyl sites for hydroxylation is 4. The predicted octanol–water partition coefficient (Wildman–Crippen LogP) is 5.86. The molecule has 2 N–H and O–H groups in total. The highest BCUT2D eigenvalue weighted by Gasteiger charge is 2.12. The topological polar surface area (TPSA) is 45.2 Å². The van der Waals surface area contributed by atoms with E-state index in [9.17, 15) is 5.11 Å². The van der Waals surface area contributed by atoms with Crippen molar-refractivity contribution in [3.63, 3.8) is 0 Å². The number of hydrogen-bond acceptors (Lipinski definition) is 3. The molecule has 0 aliphatic carbocycles. The molecule has 0 aliphatic rings. The van der Waals surface area contributed by atoms with Crippen LogP contribution >= 0.6 is 0 Å². The van der Waals surface area contributed by atoms with E-state index >= 15 is 0 Å². The van der Waals surface area contributed by atoms with E-state index in [1.54, 1.807) is 0 Å². The molecule has 3 aromatic carbocycles. The first-order chi connectivity index (χ1) is 13.0. The normalized spacial score (nSPS) is 11.3. The number of hydrogen-bond donors (Lipinski definition) is 2. The van der Waals surface area contributed by atoms with Crippen molar-refractivity contribution >= 4 is 33.2 Å². The maximum absolute atomic E-state index is 9.29. The minimum Gasteiger partial charge on any atom is -0.392 e. The van der Waals surface area contributed by atoms with Crippen LogP contribution < -0.4 is 5.32 Å². The first kappa shape index (κ1) is 17.5. The highest BCUT2D eigenvalue weighted by molar-refractivity contribution is 6.09. The lowest BCUT2D eigenvalue weighted by Gasteiger charge is -2.16. The van der Waals surface area contributed by atoms with Crippen molar-refractivity contribution in [2.75, 3.05) is 5.32 Å². The standard InChI is InChI=1S/C24H24N2O/c1-14-9-20-22(11-16(14)3)26-23-12-17(4)15(2)10-21(23)24(20)25-19-7-5-18(13-27)6-8-19/h5-12,27H,13H2,1-4H3,(H,25,26). The van der Waals surface area contributed by atoms with Gasteiger partial charge in [-0.15, -0.1) is 0 Å². The number of nitrogens with one attached hydrogen (secondary N) is 1.